The van der Waals surface area contributed by atoms with E-state index < -0.39 is 28.8 Å². The van der Waals surface area contributed by atoms with Gasteiger partial charge in [0.05, 0.1) is 24.4 Å². The molecule has 2 aromatic heterocycles. The van der Waals surface area contributed by atoms with E-state index in [-0.39, 0.29) is 43.4 Å². The van der Waals surface area contributed by atoms with Crippen LogP contribution in [0.4, 0.5) is 20.4 Å². The van der Waals surface area contributed by atoms with Crippen molar-refractivity contribution in [1.29, 1.82) is 0 Å². The molecule has 0 saturated heterocycles. The van der Waals surface area contributed by atoms with Crippen molar-refractivity contribution in [2.45, 2.75) is 45.7 Å². The van der Waals surface area contributed by atoms with Crippen LogP contribution in [0.2, 0.25) is 0 Å². The fraction of sp³-hybridized carbons (Fsp3) is 0.333. The number of carbonyl (C=O) groups is 2. The van der Waals surface area contributed by atoms with Gasteiger partial charge in [0.25, 0.3) is 17.4 Å². The van der Waals surface area contributed by atoms with Crippen LogP contribution < -0.4 is 16.1 Å². The molecule has 0 fully saturated rings. The number of halogens is 2. The molecule has 0 atom stereocenters. The standard InChI is InChI=1S/C36H36F2N6O5/c1-3-14-43-32-27(35(47)44(36(43)48)18-19-49-2)21-30(40-32)25-10-12-31(39-22-25)42(33(45)24-9-11-28(37)29(38)20-24)16-6-15-41-17-13-23-7-4-5-8-26(23)34(41)46/h4-5,7-12,20,22H,3,6,13-19,21H2,1-2H3. The highest BCUT2D eigenvalue weighted by atomic mass is 19.2. The highest BCUT2D eigenvalue weighted by molar-refractivity contribution is 6.07. The molecule has 0 unspecified atom stereocenters. The SMILES string of the molecule is CCCn1c2c(c(=O)n(CCOC)c1=O)CC(c1ccc(N(CCCN3CCc4ccccc4C3=O)C(=O)c3ccc(F)c(F)c3)nc1)=N2. The Kier molecular flexibility index (Phi) is 9.90. The monoisotopic (exact) mass is 670 g/mol. The van der Waals surface area contributed by atoms with Crippen molar-refractivity contribution in [2.24, 2.45) is 4.99 Å². The predicted octanol–water partition coefficient (Wildman–Crippen LogP) is 4.15. The van der Waals surface area contributed by atoms with E-state index in [2.05, 4.69) is 9.98 Å². The molecule has 254 valence electrons. The van der Waals surface area contributed by atoms with Gasteiger partial charge in [-0.15, -0.1) is 0 Å². The lowest BCUT2D eigenvalue weighted by molar-refractivity contribution is 0.0738. The van der Waals surface area contributed by atoms with E-state index in [0.717, 1.165) is 24.1 Å². The fourth-order valence-electron chi connectivity index (χ4n) is 6.26. The van der Waals surface area contributed by atoms with Crippen LogP contribution in [-0.2, 0) is 30.7 Å². The molecule has 2 amide bonds. The molecule has 0 bridgehead atoms. The zero-order valence-electron chi connectivity index (χ0n) is 27.3. The van der Waals surface area contributed by atoms with Crippen LogP contribution in [0.25, 0.3) is 0 Å². The third kappa shape index (κ3) is 6.71. The number of amides is 2. The molecule has 49 heavy (non-hydrogen) atoms. The molecule has 0 spiro atoms. The van der Waals surface area contributed by atoms with Crippen molar-refractivity contribution >= 4 is 29.2 Å². The minimum atomic E-state index is -1.15. The first kappa shape index (κ1) is 33.6. The summed E-state index contributed by atoms with van der Waals surface area (Å²) in [5, 5.41) is 0. The Labute approximate surface area is 281 Å². The van der Waals surface area contributed by atoms with Gasteiger partial charge in [-0.1, -0.05) is 25.1 Å². The summed E-state index contributed by atoms with van der Waals surface area (Å²) in [5.74, 6) is -2.28. The van der Waals surface area contributed by atoms with Crippen LogP contribution in [-0.4, -0.2) is 69.9 Å². The first-order valence-corrected chi connectivity index (χ1v) is 16.2. The van der Waals surface area contributed by atoms with Crippen molar-refractivity contribution < 1.29 is 23.1 Å². The third-order valence-electron chi connectivity index (χ3n) is 8.81. The van der Waals surface area contributed by atoms with Gasteiger partial charge >= 0.3 is 5.69 Å². The Morgan fingerprint density at radius 3 is 2.53 bits per heavy atom. The smallest absolute Gasteiger partial charge is 0.332 e. The second kappa shape index (κ2) is 14.4. The number of rotatable bonds is 12. The lowest BCUT2D eigenvalue weighted by Gasteiger charge is -2.29. The molecule has 4 aromatic rings. The molecule has 4 heterocycles. The Morgan fingerprint density at radius 1 is 0.980 bits per heavy atom. The summed E-state index contributed by atoms with van der Waals surface area (Å²) in [7, 11) is 1.50. The number of aliphatic imine (C=N–C) groups is 1. The molecule has 2 aliphatic heterocycles. The summed E-state index contributed by atoms with van der Waals surface area (Å²) in [6.45, 7) is 3.73. The van der Waals surface area contributed by atoms with Crippen LogP contribution in [0, 0.1) is 11.6 Å². The van der Waals surface area contributed by atoms with E-state index in [9.17, 15) is 28.0 Å². The van der Waals surface area contributed by atoms with Crippen molar-refractivity contribution in [3.05, 3.63) is 121 Å². The van der Waals surface area contributed by atoms with Gasteiger partial charge in [0.1, 0.15) is 11.6 Å². The highest BCUT2D eigenvalue weighted by Gasteiger charge is 2.28. The number of aromatic nitrogens is 3. The first-order chi connectivity index (χ1) is 23.7. The van der Waals surface area contributed by atoms with Gasteiger partial charge in [0.15, 0.2) is 11.6 Å². The minimum Gasteiger partial charge on any atom is -0.383 e. The number of carbonyl (C=O) groups excluding carboxylic acids is 2. The second-order valence-corrected chi connectivity index (χ2v) is 12.0. The zero-order chi connectivity index (χ0) is 34.7. The van der Waals surface area contributed by atoms with Gasteiger partial charge in [-0.3, -0.25) is 28.4 Å². The lowest BCUT2D eigenvalue weighted by atomic mass is 9.99. The number of hydrogen-bond donors (Lipinski definition) is 0. The summed E-state index contributed by atoms with van der Waals surface area (Å²) in [6, 6.07) is 13.8. The van der Waals surface area contributed by atoms with E-state index in [4.69, 9.17) is 4.74 Å². The van der Waals surface area contributed by atoms with Crippen molar-refractivity contribution in [2.75, 3.05) is 38.3 Å². The maximum Gasteiger partial charge on any atom is 0.332 e. The fourth-order valence-corrected chi connectivity index (χ4v) is 6.26. The number of pyridine rings is 1. The van der Waals surface area contributed by atoms with Gasteiger partial charge < -0.3 is 9.64 Å². The average molecular weight is 671 g/mol. The molecule has 11 nitrogen and oxygen atoms in total. The summed E-state index contributed by atoms with van der Waals surface area (Å²) in [4.78, 5) is 65.6. The highest BCUT2D eigenvalue weighted by Crippen LogP contribution is 2.27. The topological polar surface area (TPSA) is 119 Å². The second-order valence-electron chi connectivity index (χ2n) is 12.0. The molecule has 2 aliphatic rings. The van der Waals surface area contributed by atoms with Gasteiger partial charge in [0.2, 0.25) is 0 Å². The molecular weight excluding hydrogens is 634 g/mol. The average Bonchev–Trinajstić information content (AvgIpc) is 3.56. The van der Waals surface area contributed by atoms with Crippen LogP contribution in [0.5, 0.6) is 0 Å². The normalized spacial score (nSPS) is 13.7. The van der Waals surface area contributed by atoms with Gasteiger partial charge in [0, 0.05) is 62.6 Å². The zero-order valence-corrected chi connectivity index (χ0v) is 27.3. The molecule has 13 heteroatoms. The number of methoxy groups -OCH3 is 1. The maximum absolute atomic E-state index is 14.1. The number of hydrogen-bond acceptors (Lipinski definition) is 7. The summed E-state index contributed by atoms with van der Waals surface area (Å²) in [5.41, 5.74) is 2.31. The largest absolute Gasteiger partial charge is 0.383 e. The molecule has 2 aromatic carbocycles. The summed E-state index contributed by atoms with van der Waals surface area (Å²) in [6.07, 6.45) is 3.51. The number of anilines is 1. The Morgan fingerprint density at radius 2 is 1.80 bits per heavy atom. The molecule has 0 N–H and O–H groups in total. The van der Waals surface area contributed by atoms with Gasteiger partial charge in [-0.05, 0) is 61.2 Å². The van der Waals surface area contributed by atoms with Crippen molar-refractivity contribution in [3.63, 3.8) is 0 Å². The van der Waals surface area contributed by atoms with E-state index in [1.165, 1.54) is 33.4 Å². The quantitative estimate of drug-likeness (QED) is 0.224. The summed E-state index contributed by atoms with van der Waals surface area (Å²) >= 11 is 0. The molecule has 0 aliphatic carbocycles. The molecule has 0 radical (unpaired) electrons. The van der Waals surface area contributed by atoms with Gasteiger partial charge in [-0.2, -0.15) is 0 Å². The maximum atomic E-state index is 14.1. The lowest BCUT2D eigenvalue weighted by Crippen LogP contribution is -2.42. The number of fused-ring (bicyclic) bond motifs is 2. The number of benzene rings is 2. The van der Waals surface area contributed by atoms with Crippen molar-refractivity contribution in [3.8, 4) is 0 Å². The first-order valence-electron chi connectivity index (χ1n) is 16.2. The molecule has 6 rings (SSSR count). The Balaban J connectivity index is 1.25. The van der Waals surface area contributed by atoms with Crippen LogP contribution in [0.15, 0.2) is 75.4 Å². The Bertz CT molecular complexity index is 2060. The minimum absolute atomic E-state index is 0.0537. The van der Waals surface area contributed by atoms with E-state index in [0.29, 0.717) is 60.7 Å². The number of ether oxygens (including phenoxy) is 1. The van der Waals surface area contributed by atoms with Crippen molar-refractivity contribution in [1.82, 2.24) is 19.0 Å². The Hall–Kier alpha value is -5.30. The molecular formula is C36H36F2N6O5. The predicted molar refractivity (Wildman–Crippen MR) is 180 cm³/mol. The van der Waals surface area contributed by atoms with Crippen LogP contribution in [0.1, 0.15) is 57.2 Å². The van der Waals surface area contributed by atoms with Crippen LogP contribution >= 0.6 is 0 Å². The van der Waals surface area contributed by atoms with E-state index in [1.807, 2.05) is 25.1 Å². The summed E-state index contributed by atoms with van der Waals surface area (Å²) < 4.78 is 35.6. The van der Waals surface area contributed by atoms with Gasteiger partial charge in [-0.25, -0.2) is 23.6 Å². The molecule has 0 saturated carbocycles. The van der Waals surface area contributed by atoms with E-state index >= 15 is 0 Å². The number of nitrogens with zero attached hydrogens (tertiary/aromatic N) is 6. The third-order valence-corrected chi connectivity index (χ3v) is 8.81. The van der Waals surface area contributed by atoms with Crippen LogP contribution in [0.3, 0.4) is 0 Å². The van der Waals surface area contributed by atoms with E-state index in [1.54, 1.807) is 23.1 Å².